The van der Waals surface area contributed by atoms with Crippen LogP contribution in [0.25, 0.3) is 0 Å². The minimum absolute atomic E-state index is 0.0272. The summed E-state index contributed by atoms with van der Waals surface area (Å²) >= 11 is 0. The van der Waals surface area contributed by atoms with E-state index in [0.717, 1.165) is 11.8 Å². The van der Waals surface area contributed by atoms with Gasteiger partial charge in [-0.3, -0.25) is 4.79 Å². The fraction of sp³-hybridized carbons (Fsp3) is 0.545. The van der Waals surface area contributed by atoms with Crippen molar-refractivity contribution in [2.75, 3.05) is 12.9 Å². The maximum absolute atomic E-state index is 11.6. The molecule has 1 aromatic rings. The molecule has 0 atom stereocenters. The van der Waals surface area contributed by atoms with E-state index in [9.17, 15) is 13.2 Å². The van der Waals surface area contributed by atoms with E-state index in [1.807, 2.05) is 0 Å². The van der Waals surface area contributed by atoms with Crippen molar-refractivity contribution in [3.63, 3.8) is 0 Å². The summed E-state index contributed by atoms with van der Waals surface area (Å²) in [6, 6.07) is 1.75. The van der Waals surface area contributed by atoms with Gasteiger partial charge in [-0.1, -0.05) is 0 Å². The number of hydrogen-bond donors (Lipinski definition) is 0. The van der Waals surface area contributed by atoms with Gasteiger partial charge in [0, 0.05) is 11.4 Å². The molecule has 0 N–H and O–H groups in total. The van der Waals surface area contributed by atoms with E-state index in [-0.39, 0.29) is 13.0 Å². The number of esters is 1. The van der Waals surface area contributed by atoms with Gasteiger partial charge >= 0.3 is 5.97 Å². The van der Waals surface area contributed by atoms with Crippen LogP contribution in [0.4, 0.5) is 0 Å². The Hall–Kier alpha value is -1.30. The van der Waals surface area contributed by atoms with Crippen molar-refractivity contribution in [1.82, 2.24) is 3.97 Å². The van der Waals surface area contributed by atoms with Crippen molar-refractivity contribution in [2.45, 2.75) is 27.2 Å². The quantitative estimate of drug-likeness (QED) is 0.757. The highest BCUT2D eigenvalue weighted by Gasteiger charge is 2.19. The molecule has 0 bridgehead atoms. The Balaban J connectivity index is 3.20. The first kappa shape index (κ1) is 13.8. The number of aryl methyl sites for hydroxylation is 2. The van der Waals surface area contributed by atoms with E-state index in [0.29, 0.717) is 11.4 Å². The summed E-state index contributed by atoms with van der Waals surface area (Å²) in [5, 5.41) is 0. The predicted molar refractivity (Wildman–Crippen MR) is 64.5 cm³/mol. The van der Waals surface area contributed by atoms with Crippen molar-refractivity contribution >= 4 is 16.0 Å². The highest BCUT2D eigenvalue weighted by atomic mass is 32.2. The van der Waals surface area contributed by atoms with Crippen LogP contribution in [0.1, 0.15) is 23.9 Å². The van der Waals surface area contributed by atoms with Crippen LogP contribution in [0.3, 0.4) is 0 Å². The SMILES string of the molecule is CCOC(=O)Cc1c(C)cc(C)n1S(C)(=O)=O. The zero-order valence-electron chi connectivity index (χ0n) is 10.5. The minimum Gasteiger partial charge on any atom is -0.466 e. The molecule has 0 radical (unpaired) electrons. The molecule has 6 heteroatoms. The molecule has 96 valence electrons. The van der Waals surface area contributed by atoms with Crippen molar-refractivity contribution in [3.05, 3.63) is 23.0 Å². The van der Waals surface area contributed by atoms with Gasteiger partial charge in [0.1, 0.15) is 0 Å². The van der Waals surface area contributed by atoms with Gasteiger partial charge in [-0.05, 0) is 32.4 Å². The first-order valence-electron chi connectivity index (χ1n) is 5.31. The molecule has 1 aromatic heterocycles. The average Bonchev–Trinajstić information content (AvgIpc) is 2.40. The molecule has 0 saturated carbocycles. The number of carbonyl (C=O) groups is 1. The Bertz CT molecular complexity index is 528. The van der Waals surface area contributed by atoms with Gasteiger partial charge in [-0.2, -0.15) is 0 Å². The molecule has 1 rings (SSSR count). The lowest BCUT2D eigenvalue weighted by Crippen LogP contribution is -2.18. The summed E-state index contributed by atoms with van der Waals surface area (Å²) in [4.78, 5) is 11.4. The van der Waals surface area contributed by atoms with E-state index < -0.39 is 16.0 Å². The molecule has 17 heavy (non-hydrogen) atoms. The zero-order chi connectivity index (χ0) is 13.2. The lowest BCUT2D eigenvalue weighted by Gasteiger charge is -2.09. The van der Waals surface area contributed by atoms with Gasteiger partial charge < -0.3 is 4.74 Å². The van der Waals surface area contributed by atoms with Crippen LogP contribution < -0.4 is 0 Å². The monoisotopic (exact) mass is 259 g/mol. The van der Waals surface area contributed by atoms with E-state index in [1.165, 1.54) is 3.97 Å². The van der Waals surface area contributed by atoms with Crippen LogP contribution >= 0.6 is 0 Å². The Kier molecular flexibility index (Phi) is 3.98. The topological polar surface area (TPSA) is 65.4 Å². The molecule has 0 aliphatic heterocycles. The lowest BCUT2D eigenvalue weighted by atomic mass is 10.2. The maximum atomic E-state index is 11.6. The predicted octanol–water partition coefficient (Wildman–Crippen LogP) is 1.02. The third-order valence-electron chi connectivity index (χ3n) is 2.39. The highest BCUT2D eigenvalue weighted by molar-refractivity contribution is 7.89. The van der Waals surface area contributed by atoms with Crippen molar-refractivity contribution in [1.29, 1.82) is 0 Å². The van der Waals surface area contributed by atoms with Gasteiger partial charge in [0.25, 0.3) is 0 Å². The second kappa shape index (κ2) is 4.91. The molecule has 0 aromatic carbocycles. The normalized spacial score (nSPS) is 11.5. The fourth-order valence-electron chi connectivity index (χ4n) is 1.85. The Morgan fingerprint density at radius 2 is 2.00 bits per heavy atom. The second-order valence-corrected chi connectivity index (χ2v) is 5.76. The number of rotatable bonds is 4. The standard InChI is InChI=1S/C11H17NO4S/c1-5-16-11(13)7-10-8(2)6-9(3)12(10)17(4,14)15/h6H,5,7H2,1-4H3. The first-order valence-corrected chi connectivity index (χ1v) is 7.16. The number of carbonyl (C=O) groups excluding carboxylic acids is 1. The lowest BCUT2D eigenvalue weighted by molar-refractivity contribution is -0.142. The van der Waals surface area contributed by atoms with Crippen LogP contribution in [-0.4, -0.2) is 31.2 Å². The number of aromatic nitrogens is 1. The molecule has 0 saturated heterocycles. The minimum atomic E-state index is -3.39. The molecule has 5 nitrogen and oxygen atoms in total. The van der Waals surface area contributed by atoms with Crippen LogP contribution in [0.5, 0.6) is 0 Å². The number of hydrogen-bond acceptors (Lipinski definition) is 4. The van der Waals surface area contributed by atoms with Crippen molar-refractivity contribution in [3.8, 4) is 0 Å². The summed E-state index contributed by atoms with van der Waals surface area (Å²) in [5.41, 5.74) is 1.86. The summed E-state index contributed by atoms with van der Waals surface area (Å²) in [6.45, 7) is 5.48. The molecular weight excluding hydrogens is 242 g/mol. The molecule has 0 fully saturated rings. The molecule has 1 heterocycles. The van der Waals surface area contributed by atoms with E-state index in [1.54, 1.807) is 26.8 Å². The molecule has 0 amide bonds. The molecule has 0 aliphatic rings. The maximum Gasteiger partial charge on any atom is 0.311 e. The van der Waals surface area contributed by atoms with Gasteiger partial charge in [0.15, 0.2) is 0 Å². The van der Waals surface area contributed by atoms with Crippen molar-refractivity contribution in [2.24, 2.45) is 0 Å². The zero-order valence-corrected chi connectivity index (χ0v) is 11.3. The molecular formula is C11H17NO4S. The highest BCUT2D eigenvalue weighted by Crippen LogP contribution is 2.18. The van der Waals surface area contributed by atoms with Crippen LogP contribution in [-0.2, 0) is 26.0 Å². The number of ether oxygens (including phenoxy) is 1. The van der Waals surface area contributed by atoms with Gasteiger partial charge in [-0.15, -0.1) is 0 Å². The second-order valence-electron chi connectivity index (χ2n) is 3.92. The fourth-order valence-corrected chi connectivity index (χ4v) is 3.03. The molecule has 0 aliphatic carbocycles. The van der Waals surface area contributed by atoms with Crippen LogP contribution in [0.2, 0.25) is 0 Å². The summed E-state index contributed by atoms with van der Waals surface area (Å²) in [5.74, 6) is -0.418. The Labute approximate surface area is 101 Å². The van der Waals surface area contributed by atoms with Crippen LogP contribution in [0.15, 0.2) is 6.07 Å². The van der Waals surface area contributed by atoms with Crippen LogP contribution in [0, 0.1) is 13.8 Å². The first-order chi connectivity index (χ1) is 7.77. The largest absolute Gasteiger partial charge is 0.466 e. The third kappa shape index (κ3) is 3.09. The molecule has 0 unspecified atom stereocenters. The van der Waals surface area contributed by atoms with Gasteiger partial charge in [0.05, 0.1) is 19.3 Å². The smallest absolute Gasteiger partial charge is 0.311 e. The summed E-state index contributed by atoms with van der Waals surface area (Å²) in [6.07, 6.45) is 1.09. The van der Waals surface area contributed by atoms with Gasteiger partial charge in [-0.25, -0.2) is 12.4 Å². The third-order valence-corrected chi connectivity index (χ3v) is 3.57. The Morgan fingerprint density at radius 1 is 1.41 bits per heavy atom. The average molecular weight is 259 g/mol. The number of nitrogens with zero attached hydrogens (tertiary/aromatic N) is 1. The van der Waals surface area contributed by atoms with E-state index >= 15 is 0 Å². The summed E-state index contributed by atoms with van der Waals surface area (Å²) < 4.78 is 29.3. The van der Waals surface area contributed by atoms with Crippen molar-refractivity contribution < 1.29 is 17.9 Å². The summed E-state index contributed by atoms with van der Waals surface area (Å²) in [7, 11) is -3.39. The van der Waals surface area contributed by atoms with E-state index in [2.05, 4.69) is 0 Å². The molecule has 0 spiro atoms. The Morgan fingerprint density at radius 3 is 2.47 bits per heavy atom. The van der Waals surface area contributed by atoms with E-state index in [4.69, 9.17) is 4.74 Å². The van der Waals surface area contributed by atoms with Gasteiger partial charge in [0.2, 0.25) is 10.0 Å².